The molecule has 1 aromatic rings. The molecule has 0 saturated carbocycles. The molecular formula is C14H15F. The Morgan fingerprint density at radius 2 is 1.80 bits per heavy atom. The van der Waals surface area contributed by atoms with Crippen molar-refractivity contribution in [1.82, 2.24) is 0 Å². The Kier molecular flexibility index (Phi) is 2.47. The molecule has 0 nitrogen and oxygen atoms in total. The molecule has 2 rings (SSSR count). The van der Waals surface area contributed by atoms with E-state index in [1.165, 1.54) is 0 Å². The van der Waals surface area contributed by atoms with E-state index in [1.807, 2.05) is 62.4 Å². The molecule has 1 atom stereocenters. The largest absolute Gasteiger partial charge is 0.241 e. The van der Waals surface area contributed by atoms with Crippen LogP contribution in [0.3, 0.4) is 0 Å². The number of benzene rings is 1. The molecule has 0 saturated heterocycles. The summed E-state index contributed by atoms with van der Waals surface area (Å²) in [5.74, 6) is 0. The van der Waals surface area contributed by atoms with E-state index in [1.54, 1.807) is 0 Å². The molecule has 0 heterocycles. The summed E-state index contributed by atoms with van der Waals surface area (Å²) < 4.78 is 14.2. The van der Waals surface area contributed by atoms with Crippen LogP contribution in [0.2, 0.25) is 0 Å². The summed E-state index contributed by atoms with van der Waals surface area (Å²) in [6.07, 6.45) is 4.80. The summed E-state index contributed by atoms with van der Waals surface area (Å²) in [4.78, 5) is 0. The lowest BCUT2D eigenvalue weighted by molar-refractivity contribution is 0.249. The Morgan fingerprint density at radius 1 is 1.13 bits per heavy atom. The van der Waals surface area contributed by atoms with E-state index in [9.17, 15) is 4.39 Å². The van der Waals surface area contributed by atoms with E-state index in [4.69, 9.17) is 0 Å². The van der Waals surface area contributed by atoms with Crippen LogP contribution in [-0.2, 0) is 0 Å². The number of hydrogen-bond donors (Lipinski definition) is 0. The summed E-state index contributed by atoms with van der Waals surface area (Å²) >= 11 is 0. The van der Waals surface area contributed by atoms with Crippen molar-refractivity contribution >= 4 is 5.57 Å². The summed E-state index contributed by atoms with van der Waals surface area (Å²) in [6.45, 7) is 3.84. The molecular weight excluding hydrogens is 187 g/mol. The maximum Gasteiger partial charge on any atom is 0.134 e. The molecule has 1 heteroatoms. The summed E-state index contributed by atoms with van der Waals surface area (Å²) in [5.41, 5.74) is 1.35. The van der Waals surface area contributed by atoms with E-state index in [-0.39, 0.29) is 0 Å². The minimum atomic E-state index is -0.926. The number of allylic oxidation sites excluding steroid dienone is 4. The minimum absolute atomic E-state index is 0.403. The highest BCUT2D eigenvalue weighted by molar-refractivity contribution is 5.72. The molecule has 1 unspecified atom stereocenters. The smallest absolute Gasteiger partial charge is 0.134 e. The lowest BCUT2D eigenvalue weighted by atomic mass is 9.78. The first-order valence-electron chi connectivity index (χ1n) is 5.20. The molecule has 0 bridgehead atoms. The quantitative estimate of drug-likeness (QED) is 0.645. The number of hydrogen-bond acceptors (Lipinski definition) is 0. The van der Waals surface area contributed by atoms with Crippen molar-refractivity contribution in [1.29, 1.82) is 0 Å². The highest BCUT2D eigenvalue weighted by atomic mass is 19.1. The van der Waals surface area contributed by atoms with Gasteiger partial charge in [0.25, 0.3) is 0 Å². The van der Waals surface area contributed by atoms with Gasteiger partial charge in [0.05, 0.1) is 0 Å². The van der Waals surface area contributed by atoms with Crippen molar-refractivity contribution in [2.24, 2.45) is 5.41 Å². The van der Waals surface area contributed by atoms with Crippen LogP contribution in [0.25, 0.3) is 5.57 Å². The van der Waals surface area contributed by atoms with E-state index >= 15 is 0 Å². The Hall–Kier alpha value is -1.37. The van der Waals surface area contributed by atoms with Gasteiger partial charge < -0.3 is 0 Å². The SMILES string of the molecule is CC1(C)C=CC=C(c2ccccc2)C1F. The van der Waals surface area contributed by atoms with Crippen LogP contribution >= 0.6 is 0 Å². The van der Waals surface area contributed by atoms with Gasteiger partial charge in [-0.05, 0) is 11.1 Å². The van der Waals surface area contributed by atoms with Gasteiger partial charge >= 0.3 is 0 Å². The van der Waals surface area contributed by atoms with Crippen LogP contribution in [0, 0.1) is 5.41 Å². The molecule has 0 N–H and O–H groups in total. The maximum absolute atomic E-state index is 14.2. The molecule has 0 spiro atoms. The molecule has 0 radical (unpaired) electrons. The zero-order valence-electron chi connectivity index (χ0n) is 9.07. The van der Waals surface area contributed by atoms with Crippen molar-refractivity contribution in [3.8, 4) is 0 Å². The monoisotopic (exact) mass is 202 g/mol. The first kappa shape index (κ1) is 10.2. The molecule has 0 amide bonds. The summed E-state index contributed by atoms with van der Waals surface area (Å²) in [6, 6.07) is 9.73. The van der Waals surface area contributed by atoms with Crippen molar-refractivity contribution in [2.75, 3.05) is 0 Å². The molecule has 0 aromatic heterocycles. The summed E-state index contributed by atoms with van der Waals surface area (Å²) in [5, 5.41) is 0. The van der Waals surface area contributed by atoms with E-state index in [0.29, 0.717) is 0 Å². The van der Waals surface area contributed by atoms with Crippen molar-refractivity contribution in [2.45, 2.75) is 20.0 Å². The van der Waals surface area contributed by atoms with Crippen molar-refractivity contribution in [3.63, 3.8) is 0 Å². The zero-order valence-corrected chi connectivity index (χ0v) is 9.07. The first-order valence-corrected chi connectivity index (χ1v) is 5.20. The van der Waals surface area contributed by atoms with E-state index in [0.717, 1.165) is 11.1 Å². The molecule has 1 aliphatic rings. The third kappa shape index (κ3) is 1.87. The van der Waals surface area contributed by atoms with E-state index < -0.39 is 11.6 Å². The van der Waals surface area contributed by atoms with Crippen LogP contribution in [0.4, 0.5) is 4.39 Å². The lowest BCUT2D eigenvalue weighted by Crippen LogP contribution is -2.26. The van der Waals surface area contributed by atoms with Crippen LogP contribution in [0.1, 0.15) is 19.4 Å². The van der Waals surface area contributed by atoms with Gasteiger partial charge in [-0.2, -0.15) is 0 Å². The van der Waals surface area contributed by atoms with Gasteiger partial charge in [0.2, 0.25) is 0 Å². The second-order valence-electron chi connectivity index (χ2n) is 4.53. The third-order valence-electron chi connectivity index (χ3n) is 2.83. The third-order valence-corrected chi connectivity index (χ3v) is 2.83. The minimum Gasteiger partial charge on any atom is -0.241 e. The molecule has 0 fully saturated rings. The van der Waals surface area contributed by atoms with Gasteiger partial charge in [0.15, 0.2) is 0 Å². The fourth-order valence-electron chi connectivity index (χ4n) is 1.84. The number of halogens is 1. The predicted octanol–water partition coefficient (Wildman–Crippen LogP) is 4.00. The van der Waals surface area contributed by atoms with Gasteiger partial charge in [-0.25, -0.2) is 4.39 Å². The summed E-state index contributed by atoms with van der Waals surface area (Å²) in [7, 11) is 0. The van der Waals surface area contributed by atoms with Gasteiger partial charge in [0, 0.05) is 5.41 Å². The predicted molar refractivity (Wildman–Crippen MR) is 62.2 cm³/mol. The lowest BCUT2D eigenvalue weighted by Gasteiger charge is -2.30. The molecule has 1 aromatic carbocycles. The van der Waals surface area contributed by atoms with Crippen LogP contribution in [0.5, 0.6) is 0 Å². The highest BCUT2D eigenvalue weighted by Crippen LogP contribution is 2.38. The van der Waals surface area contributed by atoms with Gasteiger partial charge in [-0.3, -0.25) is 0 Å². The van der Waals surface area contributed by atoms with Gasteiger partial charge in [-0.1, -0.05) is 62.4 Å². The maximum atomic E-state index is 14.2. The van der Waals surface area contributed by atoms with Crippen molar-refractivity contribution < 1.29 is 4.39 Å². The first-order chi connectivity index (χ1) is 7.11. The molecule has 78 valence electrons. The van der Waals surface area contributed by atoms with E-state index in [2.05, 4.69) is 0 Å². The Morgan fingerprint density at radius 3 is 2.47 bits per heavy atom. The average Bonchev–Trinajstić information content (AvgIpc) is 2.23. The number of alkyl halides is 1. The van der Waals surface area contributed by atoms with Gasteiger partial charge in [0.1, 0.15) is 6.17 Å². The second kappa shape index (κ2) is 3.65. The van der Waals surface area contributed by atoms with Crippen LogP contribution < -0.4 is 0 Å². The Bertz CT molecular complexity index is 399. The number of rotatable bonds is 1. The van der Waals surface area contributed by atoms with Gasteiger partial charge in [-0.15, -0.1) is 0 Å². The van der Waals surface area contributed by atoms with Crippen LogP contribution in [0.15, 0.2) is 48.6 Å². The zero-order chi connectivity index (χ0) is 10.9. The topological polar surface area (TPSA) is 0 Å². The molecule has 0 aliphatic heterocycles. The van der Waals surface area contributed by atoms with Crippen molar-refractivity contribution in [3.05, 3.63) is 54.1 Å². The second-order valence-corrected chi connectivity index (χ2v) is 4.53. The molecule has 15 heavy (non-hydrogen) atoms. The average molecular weight is 202 g/mol. The Labute approximate surface area is 90.1 Å². The fraction of sp³-hybridized carbons (Fsp3) is 0.286. The van der Waals surface area contributed by atoms with Crippen LogP contribution in [-0.4, -0.2) is 6.17 Å². The normalized spacial score (nSPS) is 23.7. The molecule has 1 aliphatic carbocycles. The Balaban J connectivity index is 2.39. The highest BCUT2D eigenvalue weighted by Gasteiger charge is 2.32. The fourth-order valence-corrected chi connectivity index (χ4v) is 1.84. The standard InChI is InChI=1S/C14H15F/c1-14(2)10-6-9-12(13(14)15)11-7-4-3-5-8-11/h3-10,13H,1-2H3.